The molecular formula is C14H16O10. The topological polar surface area (TPSA) is 185 Å². The Balaban J connectivity index is 2.52. The van der Waals surface area contributed by atoms with Gasteiger partial charge in [0, 0.05) is 0 Å². The van der Waals surface area contributed by atoms with E-state index < -0.39 is 71.5 Å². The maximum Gasteiger partial charge on any atom is 0.377 e. The molecule has 5 unspecified atom stereocenters. The summed E-state index contributed by atoms with van der Waals surface area (Å²) in [5.74, 6) is -4.90. The average Bonchev–Trinajstić information content (AvgIpc) is 2.54. The molecular weight excluding hydrogens is 328 g/mol. The van der Waals surface area contributed by atoms with Gasteiger partial charge in [0.25, 0.3) is 5.78 Å². The van der Waals surface area contributed by atoms with Gasteiger partial charge in [-0.3, -0.25) is 4.79 Å². The summed E-state index contributed by atoms with van der Waals surface area (Å²) in [5.41, 5.74) is -1.20. The van der Waals surface area contributed by atoms with Crippen molar-refractivity contribution in [3.63, 3.8) is 0 Å². The van der Waals surface area contributed by atoms with E-state index >= 15 is 0 Å². The van der Waals surface area contributed by atoms with Gasteiger partial charge in [-0.2, -0.15) is 0 Å². The highest BCUT2D eigenvalue weighted by molar-refractivity contribution is 6.40. The first-order valence-corrected chi connectivity index (χ1v) is 6.83. The van der Waals surface area contributed by atoms with E-state index in [-0.39, 0.29) is 0 Å². The van der Waals surface area contributed by atoms with Crippen LogP contribution in [0, 0.1) is 0 Å². The van der Waals surface area contributed by atoms with Crippen LogP contribution >= 0.6 is 0 Å². The molecule has 1 aliphatic rings. The molecule has 1 fully saturated rings. The second-order valence-corrected chi connectivity index (χ2v) is 5.28. The van der Waals surface area contributed by atoms with Gasteiger partial charge in [0.1, 0.15) is 42.0 Å². The van der Waals surface area contributed by atoms with E-state index in [9.17, 15) is 35.1 Å². The van der Waals surface area contributed by atoms with Crippen LogP contribution in [0.2, 0.25) is 0 Å². The third kappa shape index (κ3) is 2.92. The van der Waals surface area contributed by atoms with Gasteiger partial charge in [-0.05, 0) is 12.1 Å². The maximum atomic E-state index is 11.6. The summed E-state index contributed by atoms with van der Waals surface area (Å²) in [6, 6.07) is 1.78. The average molecular weight is 344 g/mol. The number of carbonyl (C=O) groups is 2. The Hall–Kier alpha value is -2.24. The van der Waals surface area contributed by atoms with Crippen molar-refractivity contribution in [3.8, 4) is 11.5 Å². The molecule has 1 heterocycles. The van der Waals surface area contributed by atoms with Gasteiger partial charge in [-0.15, -0.1) is 0 Å². The number of aromatic hydroxyl groups is 2. The van der Waals surface area contributed by atoms with Gasteiger partial charge < -0.3 is 40.5 Å². The van der Waals surface area contributed by atoms with Crippen LogP contribution in [0.25, 0.3) is 0 Å². The number of rotatable bonds is 4. The molecule has 0 aliphatic carbocycles. The normalized spacial score (nSPS) is 30.1. The number of aliphatic hydroxyl groups is 4. The van der Waals surface area contributed by atoms with Crippen LogP contribution in [-0.4, -0.2) is 78.5 Å². The van der Waals surface area contributed by atoms with Crippen LogP contribution in [0.5, 0.6) is 11.5 Å². The number of phenols is 2. The fraction of sp³-hybridized carbons (Fsp3) is 0.429. The minimum Gasteiger partial charge on any atom is -0.507 e. The number of carboxylic acids is 1. The van der Waals surface area contributed by atoms with Crippen LogP contribution in [0.4, 0.5) is 0 Å². The lowest BCUT2D eigenvalue weighted by Crippen LogP contribution is -2.55. The Morgan fingerprint density at radius 3 is 2.21 bits per heavy atom. The molecule has 2 rings (SSSR count). The Bertz CT molecular complexity index is 655. The molecule has 5 atom stereocenters. The Kier molecular flexibility index (Phi) is 5.06. The van der Waals surface area contributed by atoms with E-state index in [1.165, 1.54) is 0 Å². The van der Waals surface area contributed by atoms with Gasteiger partial charge in [0.05, 0.1) is 17.7 Å². The quantitative estimate of drug-likeness (QED) is 0.235. The molecule has 0 saturated carbocycles. The molecule has 10 nitrogen and oxygen atoms in total. The smallest absolute Gasteiger partial charge is 0.377 e. The number of aliphatic hydroxyl groups excluding tert-OH is 4. The van der Waals surface area contributed by atoms with E-state index in [2.05, 4.69) is 0 Å². The third-order valence-corrected chi connectivity index (χ3v) is 3.81. The van der Waals surface area contributed by atoms with Gasteiger partial charge in [-0.25, -0.2) is 4.79 Å². The van der Waals surface area contributed by atoms with E-state index in [4.69, 9.17) is 14.9 Å². The summed E-state index contributed by atoms with van der Waals surface area (Å²) in [4.78, 5) is 22.3. The van der Waals surface area contributed by atoms with Crippen LogP contribution in [-0.2, 0) is 9.53 Å². The zero-order valence-electron chi connectivity index (χ0n) is 12.1. The van der Waals surface area contributed by atoms with Crippen molar-refractivity contribution in [3.05, 3.63) is 23.3 Å². The van der Waals surface area contributed by atoms with Gasteiger partial charge >= 0.3 is 5.97 Å². The molecule has 24 heavy (non-hydrogen) atoms. The second-order valence-electron chi connectivity index (χ2n) is 5.28. The lowest BCUT2D eigenvalue weighted by Gasteiger charge is -2.40. The second kappa shape index (κ2) is 6.71. The predicted molar refractivity (Wildman–Crippen MR) is 74.5 cm³/mol. The van der Waals surface area contributed by atoms with Crippen LogP contribution in [0.15, 0.2) is 12.1 Å². The molecule has 7 N–H and O–H groups in total. The minimum atomic E-state index is -1.85. The zero-order chi connectivity index (χ0) is 18.2. The molecule has 0 spiro atoms. The van der Waals surface area contributed by atoms with Crippen LogP contribution < -0.4 is 0 Å². The standard InChI is InChI=1S/C14H16O10/c15-3-6-10(19)11(20)12(21)13(24-6)7-5(16)2-1-4(8(7)17)9(18)14(22)23/h1-2,6,10-13,15-17,19-21H,3H2,(H,22,23). The number of ketones is 1. The number of carboxylic acid groups (broad SMARTS) is 1. The third-order valence-electron chi connectivity index (χ3n) is 3.81. The van der Waals surface area contributed by atoms with E-state index in [1.54, 1.807) is 0 Å². The largest absolute Gasteiger partial charge is 0.507 e. The lowest BCUT2D eigenvalue weighted by molar-refractivity contribution is -0.232. The molecule has 1 saturated heterocycles. The SMILES string of the molecule is O=C(O)C(=O)c1ccc(O)c(C2OC(CO)C(O)C(O)C2O)c1O. The Morgan fingerprint density at radius 1 is 1.04 bits per heavy atom. The highest BCUT2D eigenvalue weighted by Crippen LogP contribution is 2.42. The number of carbonyl (C=O) groups excluding carboxylic acids is 1. The summed E-state index contributed by atoms with van der Waals surface area (Å²) in [6.07, 6.45) is -8.20. The molecule has 0 aromatic heterocycles. The van der Waals surface area contributed by atoms with Crippen LogP contribution in [0.3, 0.4) is 0 Å². The van der Waals surface area contributed by atoms with Crippen molar-refractivity contribution in [2.45, 2.75) is 30.5 Å². The summed E-state index contributed by atoms with van der Waals surface area (Å²) in [5, 5.41) is 67.4. The fourth-order valence-corrected chi connectivity index (χ4v) is 2.52. The molecule has 1 aliphatic heterocycles. The number of phenolic OH excluding ortho intramolecular Hbond substituents is 2. The Morgan fingerprint density at radius 2 is 1.67 bits per heavy atom. The molecule has 1 aromatic carbocycles. The number of ether oxygens (including phenoxy) is 1. The van der Waals surface area contributed by atoms with Gasteiger partial charge in [0.2, 0.25) is 0 Å². The molecule has 1 aromatic rings. The predicted octanol–water partition coefficient (Wildman–Crippen LogP) is -2.12. The molecule has 0 radical (unpaired) electrons. The number of aliphatic carboxylic acids is 1. The van der Waals surface area contributed by atoms with Crippen molar-refractivity contribution in [2.75, 3.05) is 6.61 Å². The highest BCUT2D eigenvalue weighted by atomic mass is 16.5. The summed E-state index contributed by atoms with van der Waals surface area (Å²) in [7, 11) is 0. The lowest BCUT2D eigenvalue weighted by atomic mass is 9.89. The van der Waals surface area contributed by atoms with Gasteiger partial charge in [-0.1, -0.05) is 0 Å². The molecule has 0 amide bonds. The monoisotopic (exact) mass is 344 g/mol. The van der Waals surface area contributed by atoms with Crippen molar-refractivity contribution < 1.29 is 50.1 Å². The first kappa shape index (κ1) is 18.1. The number of hydrogen-bond donors (Lipinski definition) is 7. The molecule has 10 heteroatoms. The van der Waals surface area contributed by atoms with E-state index in [0.29, 0.717) is 0 Å². The minimum absolute atomic E-state index is 0.543. The molecule has 0 bridgehead atoms. The van der Waals surface area contributed by atoms with Crippen molar-refractivity contribution in [1.29, 1.82) is 0 Å². The first-order chi connectivity index (χ1) is 11.2. The number of benzene rings is 1. The van der Waals surface area contributed by atoms with Crippen molar-refractivity contribution in [1.82, 2.24) is 0 Å². The number of Topliss-reactive ketones (excluding diaryl/α,β-unsaturated/α-hetero) is 1. The van der Waals surface area contributed by atoms with E-state index in [1.807, 2.05) is 0 Å². The highest BCUT2D eigenvalue weighted by Gasteiger charge is 2.46. The number of hydrogen-bond acceptors (Lipinski definition) is 9. The summed E-state index contributed by atoms with van der Waals surface area (Å²) < 4.78 is 5.18. The summed E-state index contributed by atoms with van der Waals surface area (Å²) in [6.45, 7) is -0.739. The molecule has 132 valence electrons. The summed E-state index contributed by atoms with van der Waals surface area (Å²) >= 11 is 0. The van der Waals surface area contributed by atoms with Crippen molar-refractivity contribution >= 4 is 11.8 Å². The zero-order valence-corrected chi connectivity index (χ0v) is 12.1. The maximum absolute atomic E-state index is 11.6. The van der Waals surface area contributed by atoms with Crippen molar-refractivity contribution in [2.24, 2.45) is 0 Å². The Labute approximate surface area is 134 Å². The fourth-order valence-electron chi connectivity index (χ4n) is 2.52. The van der Waals surface area contributed by atoms with E-state index in [0.717, 1.165) is 12.1 Å². The van der Waals surface area contributed by atoms with Gasteiger partial charge in [0.15, 0.2) is 0 Å². The first-order valence-electron chi connectivity index (χ1n) is 6.83. The van der Waals surface area contributed by atoms with Crippen LogP contribution in [0.1, 0.15) is 22.0 Å².